The quantitative estimate of drug-likeness (QED) is 0.592. The zero-order valence-corrected chi connectivity index (χ0v) is 6.86. The number of hydrogen-bond acceptors (Lipinski definition) is 2. The van der Waals surface area contributed by atoms with E-state index in [4.69, 9.17) is 11.6 Å². The van der Waals surface area contributed by atoms with Crippen LogP contribution in [-0.4, -0.2) is 11.5 Å². The number of aromatic nitrogens is 1. The van der Waals surface area contributed by atoms with Gasteiger partial charge in [0.1, 0.15) is 5.15 Å². The Balaban J connectivity index is 2.49. The molecule has 58 valence electrons. The summed E-state index contributed by atoms with van der Waals surface area (Å²) in [4.78, 5) is 4.02. The van der Waals surface area contributed by atoms with E-state index in [0.717, 1.165) is 19.5 Å². The lowest BCUT2D eigenvalue weighted by Crippen LogP contribution is -2.24. The van der Waals surface area contributed by atoms with E-state index in [1.54, 1.807) is 6.20 Å². The lowest BCUT2D eigenvalue weighted by Gasteiger charge is -2.16. The van der Waals surface area contributed by atoms with Crippen LogP contribution >= 0.6 is 11.6 Å². The third kappa shape index (κ3) is 1.24. The molecule has 1 N–H and O–H groups in total. The van der Waals surface area contributed by atoms with Gasteiger partial charge in [-0.2, -0.15) is 0 Å². The molecule has 1 aliphatic rings. The molecule has 1 aliphatic heterocycles. The molecule has 2 nitrogen and oxygen atoms in total. The van der Waals surface area contributed by atoms with E-state index in [1.807, 2.05) is 6.07 Å². The molecule has 1 aromatic rings. The number of halogens is 1. The summed E-state index contributed by atoms with van der Waals surface area (Å²) in [6.07, 6.45) is 2.84. The second kappa shape index (κ2) is 2.80. The van der Waals surface area contributed by atoms with Gasteiger partial charge in [0, 0.05) is 18.3 Å². The smallest absolute Gasteiger partial charge is 0.133 e. The molecule has 1 aromatic heterocycles. The molecule has 0 unspecified atom stereocenters. The fourth-order valence-electron chi connectivity index (χ4n) is 1.36. The van der Waals surface area contributed by atoms with Crippen molar-refractivity contribution in [2.24, 2.45) is 0 Å². The standard InChI is InChI=1S/C8H9ClN2/c9-8-7-5-10-3-1-6(7)2-4-11-8/h2,4,10H,1,3,5H2. The normalized spacial score (nSPS) is 16.1. The van der Waals surface area contributed by atoms with Gasteiger partial charge in [-0.05, 0) is 24.6 Å². The summed E-state index contributed by atoms with van der Waals surface area (Å²) in [5, 5.41) is 3.91. The highest BCUT2D eigenvalue weighted by Gasteiger charge is 2.11. The molecule has 0 radical (unpaired) electrons. The number of rotatable bonds is 0. The zero-order valence-electron chi connectivity index (χ0n) is 6.10. The summed E-state index contributed by atoms with van der Waals surface area (Å²) in [7, 11) is 0. The van der Waals surface area contributed by atoms with Crippen LogP contribution in [0.3, 0.4) is 0 Å². The average Bonchev–Trinajstić information content (AvgIpc) is 2.06. The van der Waals surface area contributed by atoms with E-state index >= 15 is 0 Å². The summed E-state index contributed by atoms with van der Waals surface area (Å²) in [6, 6.07) is 2.04. The van der Waals surface area contributed by atoms with Gasteiger partial charge in [0.2, 0.25) is 0 Å². The van der Waals surface area contributed by atoms with Crippen LogP contribution in [0, 0.1) is 0 Å². The highest BCUT2D eigenvalue weighted by atomic mass is 35.5. The first-order valence-electron chi connectivity index (χ1n) is 3.71. The number of fused-ring (bicyclic) bond motifs is 1. The summed E-state index contributed by atoms with van der Waals surface area (Å²) >= 11 is 5.89. The SMILES string of the molecule is Clc1nccc2c1CNCC2. The van der Waals surface area contributed by atoms with E-state index in [2.05, 4.69) is 10.3 Å². The summed E-state index contributed by atoms with van der Waals surface area (Å²) in [5.41, 5.74) is 2.50. The first-order chi connectivity index (χ1) is 5.38. The minimum absolute atomic E-state index is 0.648. The van der Waals surface area contributed by atoms with Gasteiger partial charge in [0.15, 0.2) is 0 Å². The minimum Gasteiger partial charge on any atom is -0.312 e. The minimum atomic E-state index is 0.648. The van der Waals surface area contributed by atoms with E-state index in [0.29, 0.717) is 5.15 Å². The largest absolute Gasteiger partial charge is 0.312 e. The van der Waals surface area contributed by atoms with Crippen LogP contribution in [0.4, 0.5) is 0 Å². The van der Waals surface area contributed by atoms with Gasteiger partial charge in [0.05, 0.1) is 0 Å². The average molecular weight is 169 g/mol. The topological polar surface area (TPSA) is 24.9 Å². The van der Waals surface area contributed by atoms with Crippen molar-refractivity contribution in [3.05, 3.63) is 28.5 Å². The molecule has 2 heterocycles. The molecular weight excluding hydrogens is 160 g/mol. The second-order valence-electron chi connectivity index (χ2n) is 2.67. The van der Waals surface area contributed by atoms with Crippen LogP contribution < -0.4 is 5.32 Å². The van der Waals surface area contributed by atoms with Crippen LogP contribution in [-0.2, 0) is 13.0 Å². The molecule has 0 bridgehead atoms. The molecule has 0 saturated carbocycles. The van der Waals surface area contributed by atoms with Gasteiger partial charge in [-0.1, -0.05) is 11.6 Å². The Morgan fingerprint density at radius 2 is 2.45 bits per heavy atom. The van der Waals surface area contributed by atoms with Crippen molar-refractivity contribution in [3.8, 4) is 0 Å². The summed E-state index contributed by atoms with van der Waals surface area (Å²) < 4.78 is 0. The second-order valence-corrected chi connectivity index (χ2v) is 3.02. The number of nitrogens with zero attached hydrogens (tertiary/aromatic N) is 1. The van der Waals surface area contributed by atoms with E-state index in [-0.39, 0.29) is 0 Å². The van der Waals surface area contributed by atoms with Crippen LogP contribution in [0.15, 0.2) is 12.3 Å². The maximum atomic E-state index is 5.89. The molecule has 11 heavy (non-hydrogen) atoms. The molecule has 3 heteroatoms. The van der Waals surface area contributed by atoms with E-state index in [9.17, 15) is 0 Å². The Bertz CT molecular complexity index is 273. The highest BCUT2D eigenvalue weighted by molar-refractivity contribution is 6.30. The third-order valence-corrected chi connectivity index (χ3v) is 2.30. The first-order valence-corrected chi connectivity index (χ1v) is 4.08. The monoisotopic (exact) mass is 168 g/mol. The third-order valence-electron chi connectivity index (χ3n) is 1.97. The van der Waals surface area contributed by atoms with Gasteiger partial charge in [-0.25, -0.2) is 4.98 Å². The Labute approximate surface area is 70.6 Å². The predicted octanol–water partition coefficient (Wildman–Crippen LogP) is 1.38. The van der Waals surface area contributed by atoms with Gasteiger partial charge < -0.3 is 5.32 Å². The van der Waals surface area contributed by atoms with Gasteiger partial charge in [0.25, 0.3) is 0 Å². The van der Waals surface area contributed by atoms with Crippen LogP contribution in [0.25, 0.3) is 0 Å². The fourth-order valence-corrected chi connectivity index (χ4v) is 1.61. The summed E-state index contributed by atoms with van der Waals surface area (Å²) in [6.45, 7) is 1.91. The molecule has 0 amide bonds. The van der Waals surface area contributed by atoms with Crippen molar-refractivity contribution in [2.75, 3.05) is 6.54 Å². The van der Waals surface area contributed by atoms with Crippen molar-refractivity contribution >= 4 is 11.6 Å². The van der Waals surface area contributed by atoms with Crippen LogP contribution in [0.2, 0.25) is 5.15 Å². The van der Waals surface area contributed by atoms with E-state index < -0.39 is 0 Å². The fraction of sp³-hybridized carbons (Fsp3) is 0.375. The Morgan fingerprint density at radius 3 is 3.27 bits per heavy atom. The van der Waals surface area contributed by atoms with Gasteiger partial charge >= 0.3 is 0 Å². The molecule has 0 aromatic carbocycles. The first kappa shape index (κ1) is 7.07. The molecule has 0 saturated heterocycles. The summed E-state index contributed by atoms with van der Waals surface area (Å²) in [5.74, 6) is 0. The molecular formula is C8H9ClN2. The number of nitrogens with one attached hydrogen (secondary N) is 1. The van der Waals surface area contributed by atoms with E-state index in [1.165, 1.54) is 11.1 Å². The molecule has 0 fully saturated rings. The van der Waals surface area contributed by atoms with Crippen molar-refractivity contribution in [2.45, 2.75) is 13.0 Å². The number of pyridine rings is 1. The molecule has 0 aliphatic carbocycles. The van der Waals surface area contributed by atoms with Crippen molar-refractivity contribution < 1.29 is 0 Å². The maximum absolute atomic E-state index is 5.89. The van der Waals surface area contributed by atoms with Crippen LogP contribution in [0.1, 0.15) is 11.1 Å². The van der Waals surface area contributed by atoms with Gasteiger partial charge in [-0.15, -0.1) is 0 Å². The van der Waals surface area contributed by atoms with Crippen molar-refractivity contribution in [1.82, 2.24) is 10.3 Å². The Kier molecular flexibility index (Phi) is 1.80. The zero-order chi connectivity index (χ0) is 7.68. The predicted molar refractivity (Wildman–Crippen MR) is 44.7 cm³/mol. The molecule has 0 spiro atoms. The van der Waals surface area contributed by atoms with Crippen molar-refractivity contribution in [1.29, 1.82) is 0 Å². The van der Waals surface area contributed by atoms with Crippen LogP contribution in [0.5, 0.6) is 0 Å². The number of hydrogen-bond donors (Lipinski definition) is 1. The Morgan fingerprint density at radius 1 is 1.55 bits per heavy atom. The van der Waals surface area contributed by atoms with Crippen molar-refractivity contribution in [3.63, 3.8) is 0 Å². The lowest BCUT2D eigenvalue weighted by molar-refractivity contribution is 0.641. The lowest BCUT2D eigenvalue weighted by atomic mass is 10.0. The maximum Gasteiger partial charge on any atom is 0.133 e. The molecule has 2 rings (SSSR count). The molecule has 0 atom stereocenters. The van der Waals surface area contributed by atoms with Gasteiger partial charge in [-0.3, -0.25) is 0 Å². The Hall–Kier alpha value is -0.600. The highest BCUT2D eigenvalue weighted by Crippen LogP contribution is 2.19.